The molecule has 0 saturated heterocycles. The summed E-state index contributed by atoms with van der Waals surface area (Å²) in [5.41, 5.74) is 18.4. The van der Waals surface area contributed by atoms with Crippen molar-refractivity contribution in [2.45, 2.75) is 140 Å². The summed E-state index contributed by atoms with van der Waals surface area (Å²) in [6, 6.07) is 3.74. The predicted octanol–water partition coefficient (Wildman–Crippen LogP) is -2.22. The van der Waals surface area contributed by atoms with E-state index >= 15 is 0 Å². The zero-order valence-corrected chi connectivity index (χ0v) is 42.6. The van der Waals surface area contributed by atoms with Gasteiger partial charge in [-0.2, -0.15) is 11.8 Å². The highest BCUT2D eigenvalue weighted by Gasteiger charge is 2.34. The smallest absolute Gasteiger partial charge is 0.326 e. The first-order valence-electron chi connectivity index (χ1n) is 23.8. The van der Waals surface area contributed by atoms with Crippen LogP contribution in [0.15, 0.2) is 54.6 Å². The second-order valence-electron chi connectivity index (χ2n) is 17.9. The van der Waals surface area contributed by atoms with Crippen molar-refractivity contribution in [1.82, 2.24) is 42.5 Å². The molecule has 24 heteroatoms. The molecule has 2 aromatic rings. The molecular weight excluding hydrogens is 955 g/mol. The number of primary amides is 1. The molecule has 2 rings (SSSR count). The van der Waals surface area contributed by atoms with Crippen LogP contribution in [0.3, 0.4) is 0 Å². The number of nitrogens with one attached hydrogen (secondary N) is 8. The summed E-state index contributed by atoms with van der Waals surface area (Å²) in [5, 5.41) is 50.9. The topological polar surface area (TPSA) is 389 Å². The van der Waals surface area contributed by atoms with E-state index in [4.69, 9.17) is 17.2 Å². The fraction of sp³-hybridized carbons (Fsp3) is 0.562. The van der Waals surface area contributed by atoms with Gasteiger partial charge in [-0.1, -0.05) is 62.7 Å². The summed E-state index contributed by atoms with van der Waals surface area (Å²) >= 11 is 1.36. The Bertz CT molecular complexity index is 2100. The van der Waals surface area contributed by atoms with Crippen molar-refractivity contribution >= 4 is 65.0 Å². The van der Waals surface area contributed by atoms with Crippen molar-refractivity contribution in [2.24, 2.45) is 23.1 Å². The first-order chi connectivity index (χ1) is 34.0. The molecule has 0 unspecified atom stereocenters. The van der Waals surface area contributed by atoms with Crippen molar-refractivity contribution in [3.63, 3.8) is 0 Å². The third-order valence-electron chi connectivity index (χ3n) is 11.4. The summed E-state index contributed by atoms with van der Waals surface area (Å²) in [4.78, 5) is 119. The molecule has 0 bridgehead atoms. The molecular formula is C48H75N11O12S. The molecule has 0 aromatic heterocycles. The van der Waals surface area contributed by atoms with Gasteiger partial charge in [0.2, 0.25) is 47.3 Å². The van der Waals surface area contributed by atoms with Crippen molar-refractivity contribution in [3.8, 4) is 5.75 Å². The molecule has 0 fully saturated rings. The van der Waals surface area contributed by atoms with Gasteiger partial charge in [-0.25, -0.2) is 4.79 Å². The number of rotatable bonds is 33. The highest BCUT2D eigenvalue weighted by molar-refractivity contribution is 7.98. The van der Waals surface area contributed by atoms with E-state index in [1.807, 2.05) is 0 Å². The Hall–Kier alpha value is -6.34. The largest absolute Gasteiger partial charge is 0.508 e. The van der Waals surface area contributed by atoms with E-state index in [-0.39, 0.29) is 31.6 Å². The van der Waals surface area contributed by atoms with Gasteiger partial charge in [0.1, 0.15) is 42.0 Å². The fourth-order valence-electron chi connectivity index (χ4n) is 7.11. The Labute approximate surface area is 424 Å². The number of aliphatic hydroxyl groups excluding tert-OH is 1. The lowest BCUT2D eigenvalue weighted by Gasteiger charge is -2.29. The summed E-state index contributed by atoms with van der Waals surface area (Å²) in [5.74, 6) is -7.68. The first-order valence-corrected chi connectivity index (χ1v) is 25.2. The third kappa shape index (κ3) is 22.4. The maximum atomic E-state index is 14.1. The standard InChI is InChI=1S/C48H75N11O12S/c1-26(2)39(58-41(63)27(3)53-43(65)34(50)14-10-11-20-49)46(68)55-32(22-31-15-17-33(61)18-16-31)25-52-36(24-38(51)62)44(66)57-37(23-30-12-8-7-9-13-30)45(67)54-28(4)42(64)59-40(29(5)60)47(69)56-35(48(70)71)19-21-72-6/h7-9,12-13,15-18,26-29,32,34-37,39-40,52,60-61H,10-11,14,19-25,49-50H2,1-6H3,(H2,51,62)(H,53,65)(H,54,67)(H,55,68)(H,56,69)(H,57,66)(H,58,63)(H,59,64)(H,70,71)/t27-,28-,29+,32-,34-,35-,36-,37-,39-,40-/m0/s1. The molecule has 0 spiro atoms. The Morgan fingerprint density at radius 1 is 0.611 bits per heavy atom. The molecule has 400 valence electrons. The molecule has 10 atom stereocenters. The van der Waals surface area contributed by atoms with Crippen LogP contribution in [0.4, 0.5) is 0 Å². The molecule has 0 saturated carbocycles. The Balaban J connectivity index is 2.34. The van der Waals surface area contributed by atoms with Crippen LogP contribution < -0.4 is 59.7 Å². The number of aromatic hydroxyl groups is 1. The van der Waals surface area contributed by atoms with Gasteiger partial charge in [0.05, 0.1) is 24.6 Å². The van der Waals surface area contributed by atoms with E-state index in [0.29, 0.717) is 42.7 Å². The van der Waals surface area contributed by atoms with Gasteiger partial charge < -0.3 is 75.1 Å². The van der Waals surface area contributed by atoms with E-state index in [9.17, 15) is 58.5 Å². The summed E-state index contributed by atoms with van der Waals surface area (Å²) < 4.78 is 0. The van der Waals surface area contributed by atoms with Crippen LogP contribution in [-0.2, 0) is 56.0 Å². The Kier molecular flexibility index (Phi) is 27.4. The maximum Gasteiger partial charge on any atom is 0.326 e. The number of carboxylic acid groups (broad SMARTS) is 1. The number of nitrogens with two attached hydrogens (primary N) is 3. The lowest BCUT2D eigenvalue weighted by molar-refractivity contribution is -0.143. The third-order valence-corrected chi connectivity index (χ3v) is 12.0. The minimum atomic E-state index is -1.60. The minimum Gasteiger partial charge on any atom is -0.508 e. The van der Waals surface area contributed by atoms with E-state index in [1.165, 1.54) is 44.7 Å². The van der Waals surface area contributed by atoms with Crippen molar-refractivity contribution in [3.05, 3.63) is 65.7 Å². The minimum absolute atomic E-state index is 0.0142. The quantitative estimate of drug-likeness (QED) is 0.0337. The number of phenols is 1. The Morgan fingerprint density at radius 3 is 1.69 bits per heavy atom. The molecule has 0 radical (unpaired) electrons. The van der Waals surface area contributed by atoms with Gasteiger partial charge in [0.25, 0.3) is 0 Å². The second kappa shape index (κ2) is 31.9. The molecule has 23 nitrogen and oxygen atoms in total. The normalized spacial score (nSPS) is 15.4. The van der Waals surface area contributed by atoms with Gasteiger partial charge in [-0.05, 0) is 94.2 Å². The number of benzene rings is 2. The molecule has 0 aliphatic rings. The Morgan fingerprint density at radius 2 is 1.15 bits per heavy atom. The number of hydrogen-bond donors (Lipinski definition) is 14. The van der Waals surface area contributed by atoms with Crippen LogP contribution >= 0.6 is 11.8 Å². The van der Waals surface area contributed by atoms with Crippen LogP contribution in [0.2, 0.25) is 0 Å². The summed E-state index contributed by atoms with van der Waals surface area (Å²) in [7, 11) is 0. The van der Waals surface area contributed by atoms with E-state index in [1.54, 1.807) is 62.6 Å². The summed E-state index contributed by atoms with van der Waals surface area (Å²) in [6.07, 6.45) is 1.48. The van der Waals surface area contributed by atoms with Crippen molar-refractivity contribution in [1.29, 1.82) is 0 Å². The van der Waals surface area contributed by atoms with Gasteiger partial charge in [-0.3, -0.25) is 38.4 Å². The zero-order valence-electron chi connectivity index (χ0n) is 41.8. The molecule has 72 heavy (non-hydrogen) atoms. The highest BCUT2D eigenvalue weighted by atomic mass is 32.2. The van der Waals surface area contributed by atoms with E-state index < -0.39 is 126 Å². The van der Waals surface area contributed by atoms with E-state index in [0.717, 1.165) is 0 Å². The lowest BCUT2D eigenvalue weighted by atomic mass is 10.0. The molecule has 2 aromatic carbocycles. The van der Waals surface area contributed by atoms with Crippen molar-refractivity contribution < 1.29 is 58.5 Å². The van der Waals surface area contributed by atoms with Gasteiger partial charge in [0.15, 0.2) is 0 Å². The highest BCUT2D eigenvalue weighted by Crippen LogP contribution is 2.13. The van der Waals surface area contributed by atoms with Crippen molar-refractivity contribution in [2.75, 3.05) is 25.1 Å². The molecule has 8 amide bonds. The molecule has 0 aliphatic carbocycles. The zero-order chi connectivity index (χ0) is 54.1. The number of amides is 8. The van der Waals surface area contributed by atoms with Crippen LogP contribution in [0.5, 0.6) is 5.75 Å². The monoisotopic (exact) mass is 1030 g/mol. The van der Waals surface area contributed by atoms with Gasteiger partial charge in [0, 0.05) is 19.0 Å². The second-order valence-corrected chi connectivity index (χ2v) is 18.9. The van der Waals surface area contributed by atoms with Crippen LogP contribution in [-0.4, -0.2) is 154 Å². The SMILES string of the molecule is CSCC[C@H](NC(=O)[C@@H](NC(=O)[C@H](C)NC(=O)[C@H](Cc1ccccc1)NC(=O)[C@H](CC(N)=O)NC[C@H](Cc1ccc(O)cc1)NC(=O)[C@@H](NC(=O)[C@H](C)NC(=O)[C@@H](N)CCCCN)C(C)C)[C@@H](C)O)C(=O)O. The number of phenolic OH excluding ortho intramolecular Hbond substituents is 1. The molecule has 0 heterocycles. The number of aliphatic carboxylic acids is 1. The first kappa shape index (κ1) is 61.8. The number of hydrogen-bond acceptors (Lipinski definition) is 15. The average molecular weight is 1030 g/mol. The van der Waals surface area contributed by atoms with Crippen LogP contribution in [0.25, 0.3) is 0 Å². The molecule has 0 aliphatic heterocycles. The number of aliphatic hydroxyl groups is 1. The predicted molar refractivity (Wildman–Crippen MR) is 270 cm³/mol. The number of carbonyl (C=O) groups excluding carboxylic acids is 8. The number of thioether (sulfide) groups is 1. The van der Waals surface area contributed by atoms with Crippen LogP contribution in [0.1, 0.15) is 77.8 Å². The van der Waals surface area contributed by atoms with E-state index in [2.05, 4.69) is 42.5 Å². The van der Waals surface area contributed by atoms with Gasteiger partial charge in [-0.15, -0.1) is 0 Å². The number of unbranched alkanes of at least 4 members (excludes halogenated alkanes) is 1. The lowest BCUT2D eigenvalue weighted by Crippen LogP contribution is -2.60. The van der Waals surface area contributed by atoms with Gasteiger partial charge >= 0.3 is 5.97 Å². The molecule has 17 N–H and O–H groups in total. The van der Waals surface area contributed by atoms with Crippen LogP contribution in [0, 0.1) is 5.92 Å². The average Bonchev–Trinajstić information content (AvgIpc) is 3.32. The number of carbonyl (C=O) groups is 9. The maximum absolute atomic E-state index is 14.1. The fourth-order valence-corrected chi connectivity index (χ4v) is 7.58. The number of carboxylic acids is 1. The summed E-state index contributed by atoms with van der Waals surface area (Å²) in [6.45, 7) is 7.64.